The number of hydrogen-bond acceptors (Lipinski definition) is 5. The maximum absolute atomic E-state index is 11.0. The summed E-state index contributed by atoms with van der Waals surface area (Å²) in [5, 5.41) is 5.98. The van der Waals surface area contributed by atoms with Crippen LogP contribution < -0.4 is 16.4 Å². The van der Waals surface area contributed by atoms with Gasteiger partial charge in [-0.25, -0.2) is 0 Å². The number of likely N-dealkylation sites (tertiary alicyclic amines) is 1. The third kappa shape index (κ3) is 2.88. The number of nitrogens with two attached hydrogens (primary N) is 1. The third-order valence-electron chi connectivity index (χ3n) is 3.42. The lowest BCUT2D eigenvalue weighted by atomic mass is 10.1. The first-order valence-electron chi connectivity index (χ1n) is 6.26. The number of nitrogens with zero attached hydrogens (tertiary/aromatic N) is 2. The Hall–Kier alpha value is -1.40. The Balaban J connectivity index is 1.92. The Bertz CT molecular complexity index is 392. The second-order valence-electron chi connectivity index (χ2n) is 4.93. The van der Waals surface area contributed by atoms with Crippen molar-refractivity contribution in [2.45, 2.75) is 25.0 Å². The van der Waals surface area contributed by atoms with E-state index in [0.717, 1.165) is 25.3 Å². The number of nitrogens with one attached hydrogen (secondary N) is 2. The van der Waals surface area contributed by atoms with Crippen LogP contribution in [-0.2, 0) is 4.79 Å². The minimum Gasteiger partial charge on any atom is -0.355 e. The molecule has 100 valence electrons. The van der Waals surface area contributed by atoms with Crippen molar-refractivity contribution in [1.82, 2.24) is 15.5 Å². The Morgan fingerprint density at radius 3 is 3.00 bits per heavy atom. The summed E-state index contributed by atoms with van der Waals surface area (Å²) >= 11 is 0. The summed E-state index contributed by atoms with van der Waals surface area (Å²) in [6.07, 6.45) is 4.86. The summed E-state index contributed by atoms with van der Waals surface area (Å²) < 4.78 is 0. The van der Waals surface area contributed by atoms with Gasteiger partial charge in [0.15, 0.2) is 0 Å². The van der Waals surface area contributed by atoms with Gasteiger partial charge in [-0.2, -0.15) is 0 Å². The number of aliphatic imine (C=N–C) groups is 1. The van der Waals surface area contributed by atoms with Gasteiger partial charge < -0.3 is 16.0 Å². The van der Waals surface area contributed by atoms with Crippen LogP contribution in [0.4, 0.5) is 0 Å². The fourth-order valence-electron chi connectivity index (χ4n) is 2.28. The molecule has 6 heteroatoms. The lowest BCUT2D eigenvalue weighted by molar-refractivity contribution is -0.119. The van der Waals surface area contributed by atoms with Crippen molar-refractivity contribution in [3.63, 3.8) is 0 Å². The van der Waals surface area contributed by atoms with Gasteiger partial charge in [0.25, 0.3) is 0 Å². The number of amides is 1. The van der Waals surface area contributed by atoms with Crippen LogP contribution in [0.1, 0.15) is 13.3 Å². The normalized spacial score (nSPS) is 31.4. The van der Waals surface area contributed by atoms with Crippen molar-refractivity contribution in [2.24, 2.45) is 10.7 Å². The van der Waals surface area contributed by atoms with Crippen LogP contribution in [0.15, 0.2) is 17.1 Å². The SMILES string of the molecule is CNC1(N)C=CC(N2CCC(NC(C)=O)C2)=NC1. The Kier molecular flexibility index (Phi) is 3.68. The minimum absolute atomic E-state index is 0.0270. The van der Waals surface area contributed by atoms with Crippen molar-refractivity contribution in [2.75, 3.05) is 26.7 Å². The molecule has 2 rings (SSSR count). The van der Waals surface area contributed by atoms with E-state index in [1.807, 2.05) is 19.2 Å². The van der Waals surface area contributed by atoms with Gasteiger partial charge in [-0.15, -0.1) is 0 Å². The van der Waals surface area contributed by atoms with Gasteiger partial charge in [0.2, 0.25) is 5.91 Å². The van der Waals surface area contributed by atoms with Crippen molar-refractivity contribution in [3.8, 4) is 0 Å². The molecule has 6 nitrogen and oxygen atoms in total. The molecule has 0 aromatic heterocycles. The molecule has 4 N–H and O–H groups in total. The van der Waals surface area contributed by atoms with E-state index >= 15 is 0 Å². The van der Waals surface area contributed by atoms with Crippen LogP contribution in [0, 0.1) is 0 Å². The number of carbonyl (C=O) groups excluding carboxylic acids is 1. The van der Waals surface area contributed by atoms with E-state index < -0.39 is 5.66 Å². The van der Waals surface area contributed by atoms with E-state index in [-0.39, 0.29) is 11.9 Å². The molecule has 0 saturated carbocycles. The number of rotatable bonds is 2. The predicted octanol–water partition coefficient (Wildman–Crippen LogP) is -0.960. The number of carbonyl (C=O) groups is 1. The van der Waals surface area contributed by atoms with Crippen molar-refractivity contribution < 1.29 is 4.79 Å². The van der Waals surface area contributed by atoms with E-state index in [1.54, 1.807) is 6.92 Å². The second kappa shape index (κ2) is 5.07. The van der Waals surface area contributed by atoms with E-state index in [9.17, 15) is 4.79 Å². The predicted molar refractivity (Wildman–Crippen MR) is 71.2 cm³/mol. The zero-order valence-electron chi connectivity index (χ0n) is 10.9. The van der Waals surface area contributed by atoms with E-state index in [1.165, 1.54) is 0 Å². The van der Waals surface area contributed by atoms with Crippen LogP contribution >= 0.6 is 0 Å². The standard InChI is InChI=1S/C12H21N5O/c1-9(18)16-10-4-6-17(7-10)11-3-5-12(13,14-2)8-15-11/h3,5,10,14H,4,6-8,13H2,1-2H3,(H,16,18). The molecule has 1 saturated heterocycles. The van der Waals surface area contributed by atoms with Crippen LogP contribution in [0.25, 0.3) is 0 Å². The summed E-state index contributed by atoms with van der Waals surface area (Å²) in [4.78, 5) is 17.7. The number of amidine groups is 1. The number of hydrogen-bond donors (Lipinski definition) is 3. The van der Waals surface area contributed by atoms with Crippen LogP contribution in [0.5, 0.6) is 0 Å². The van der Waals surface area contributed by atoms with Gasteiger partial charge in [-0.3, -0.25) is 15.1 Å². The zero-order valence-corrected chi connectivity index (χ0v) is 10.9. The maximum Gasteiger partial charge on any atom is 0.217 e. The average Bonchev–Trinajstić information content (AvgIpc) is 2.77. The molecule has 1 amide bonds. The maximum atomic E-state index is 11.0. The molecule has 0 aliphatic carbocycles. The number of dihydropyridines is 1. The Labute approximate surface area is 107 Å². The second-order valence-corrected chi connectivity index (χ2v) is 4.93. The van der Waals surface area contributed by atoms with E-state index in [4.69, 9.17) is 5.73 Å². The van der Waals surface area contributed by atoms with Crippen molar-refractivity contribution in [3.05, 3.63) is 12.2 Å². The van der Waals surface area contributed by atoms with Gasteiger partial charge in [0.1, 0.15) is 11.5 Å². The van der Waals surface area contributed by atoms with Gasteiger partial charge in [-0.05, 0) is 25.6 Å². The largest absolute Gasteiger partial charge is 0.355 e. The average molecular weight is 251 g/mol. The first-order chi connectivity index (χ1) is 8.52. The molecular weight excluding hydrogens is 230 g/mol. The lowest BCUT2D eigenvalue weighted by Gasteiger charge is -2.29. The lowest BCUT2D eigenvalue weighted by Crippen LogP contribution is -2.54. The van der Waals surface area contributed by atoms with Crippen molar-refractivity contribution in [1.29, 1.82) is 0 Å². The molecule has 2 unspecified atom stereocenters. The first-order valence-corrected chi connectivity index (χ1v) is 6.26. The number of likely N-dealkylation sites (N-methyl/N-ethyl adjacent to an activating group) is 1. The molecule has 1 fully saturated rings. The van der Waals surface area contributed by atoms with Gasteiger partial charge in [0, 0.05) is 26.1 Å². The highest BCUT2D eigenvalue weighted by atomic mass is 16.1. The molecule has 2 aliphatic heterocycles. The highest BCUT2D eigenvalue weighted by molar-refractivity contribution is 5.94. The molecular formula is C12H21N5O. The highest BCUT2D eigenvalue weighted by Gasteiger charge is 2.28. The summed E-state index contributed by atoms with van der Waals surface area (Å²) in [6, 6.07) is 0.229. The fraction of sp³-hybridized carbons (Fsp3) is 0.667. The summed E-state index contributed by atoms with van der Waals surface area (Å²) in [7, 11) is 1.83. The van der Waals surface area contributed by atoms with Gasteiger partial charge in [0.05, 0.1) is 6.54 Å². The monoisotopic (exact) mass is 251 g/mol. The molecule has 0 radical (unpaired) electrons. The quantitative estimate of drug-likeness (QED) is 0.552. The molecule has 0 aromatic rings. The molecule has 2 heterocycles. The molecule has 0 aromatic carbocycles. The summed E-state index contributed by atoms with van der Waals surface area (Å²) in [5.74, 6) is 0.985. The summed E-state index contributed by atoms with van der Waals surface area (Å²) in [5.41, 5.74) is 5.50. The van der Waals surface area contributed by atoms with E-state index in [0.29, 0.717) is 6.54 Å². The first kappa shape index (κ1) is 13.0. The van der Waals surface area contributed by atoms with Crippen LogP contribution in [-0.4, -0.2) is 55.0 Å². The highest BCUT2D eigenvalue weighted by Crippen LogP contribution is 2.14. The molecule has 0 bridgehead atoms. The summed E-state index contributed by atoms with van der Waals surface area (Å²) in [6.45, 7) is 3.83. The van der Waals surface area contributed by atoms with Gasteiger partial charge in [-0.1, -0.05) is 0 Å². The Morgan fingerprint density at radius 1 is 1.67 bits per heavy atom. The van der Waals surface area contributed by atoms with Crippen molar-refractivity contribution >= 4 is 11.7 Å². The molecule has 2 aliphatic rings. The Morgan fingerprint density at radius 2 is 2.44 bits per heavy atom. The third-order valence-corrected chi connectivity index (χ3v) is 3.42. The minimum atomic E-state index is -0.528. The zero-order chi connectivity index (χ0) is 13.2. The van der Waals surface area contributed by atoms with E-state index in [2.05, 4.69) is 20.5 Å². The fourth-order valence-corrected chi connectivity index (χ4v) is 2.28. The molecule has 0 spiro atoms. The van der Waals surface area contributed by atoms with Crippen LogP contribution in [0.2, 0.25) is 0 Å². The topological polar surface area (TPSA) is 82.8 Å². The van der Waals surface area contributed by atoms with Gasteiger partial charge >= 0.3 is 0 Å². The molecule has 2 atom stereocenters. The smallest absolute Gasteiger partial charge is 0.217 e. The molecule has 18 heavy (non-hydrogen) atoms. The van der Waals surface area contributed by atoms with Crippen LogP contribution in [0.3, 0.4) is 0 Å².